The molecule has 2 spiro atoms. The lowest BCUT2D eigenvalue weighted by atomic mass is 9.40. The first kappa shape index (κ1) is 23.7. The first-order valence-electron chi connectivity index (χ1n) is 13.3. The molecule has 5 aliphatic heterocycles. The maximum Gasteiger partial charge on any atom is 0.310 e. The van der Waals surface area contributed by atoms with Crippen molar-refractivity contribution in [3.8, 4) is 0 Å². The Morgan fingerprint density at radius 1 is 1.17 bits per heavy atom. The van der Waals surface area contributed by atoms with Crippen LogP contribution in [0.5, 0.6) is 0 Å². The molecule has 0 amide bonds. The Morgan fingerprint density at radius 2 is 1.94 bits per heavy atom. The quantitative estimate of drug-likeness (QED) is 0.425. The van der Waals surface area contributed by atoms with Gasteiger partial charge in [0.1, 0.15) is 17.1 Å². The van der Waals surface area contributed by atoms with Gasteiger partial charge in [0.15, 0.2) is 0 Å². The first-order valence-corrected chi connectivity index (χ1v) is 13.3. The Labute approximate surface area is 207 Å². The van der Waals surface area contributed by atoms with E-state index in [0.717, 1.165) is 19.3 Å². The Bertz CT molecular complexity index is 928. The SMILES string of the molecule is CC[C@@H](C)C(=O)O[C@H]1O[C@H]2C[C@@H]3[C@@](C)([C@@H]4C[C@H]5C=CO[C@H]5O4)[C@H](C)C[C@H](OC(C)=O)[C@@]13[C@@]1(CO1)C2. The highest BCUT2D eigenvalue weighted by molar-refractivity contribution is 5.72. The van der Waals surface area contributed by atoms with Crippen LogP contribution in [0.2, 0.25) is 0 Å². The second-order valence-corrected chi connectivity index (χ2v) is 12.0. The second-order valence-electron chi connectivity index (χ2n) is 12.0. The maximum absolute atomic E-state index is 13.1. The number of hydrogen-bond acceptors (Lipinski definition) is 8. The van der Waals surface area contributed by atoms with Crippen molar-refractivity contribution in [1.82, 2.24) is 0 Å². The predicted octanol–water partition coefficient (Wildman–Crippen LogP) is 3.72. The summed E-state index contributed by atoms with van der Waals surface area (Å²) >= 11 is 0. The minimum absolute atomic E-state index is 0.0284. The van der Waals surface area contributed by atoms with E-state index >= 15 is 0 Å². The van der Waals surface area contributed by atoms with Crippen LogP contribution in [-0.4, -0.2) is 55.0 Å². The van der Waals surface area contributed by atoms with Crippen LogP contribution in [-0.2, 0) is 38.0 Å². The lowest BCUT2D eigenvalue weighted by molar-refractivity contribution is -0.376. The van der Waals surface area contributed by atoms with Crippen molar-refractivity contribution in [3.63, 3.8) is 0 Å². The molecule has 35 heavy (non-hydrogen) atoms. The van der Waals surface area contributed by atoms with Crippen molar-refractivity contribution in [1.29, 1.82) is 0 Å². The van der Waals surface area contributed by atoms with E-state index < -0.39 is 23.4 Å². The lowest BCUT2D eigenvalue weighted by Gasteiger charge is -2.69. The zero-order valence-corrected chi connectivity index (χ0v) is 21.4. The number of rotatable bonds is 5. The Morgan fingerprint density at radius 3 is 2.60 bits per heavy atom. The summed E-state index contributed by atoms with van der Waals surface area (Å²) in [6.07, 6.45) is 5.91. The Balaban J connectivity index is 1.45. The molecule has 4 saturated heterocycles. The summed E-state index contributed by atoms with van der Waals surface area (Å²) in [5.74, 6) is -0.376. The minimum atomic E-state index is -0.822. The lowest BCUT2D eigenvalue weighted by Crippen LogP contribution is -2.77. The molecule has 0 aromatic carbocycles. The van der Waals surface area contributed by atoms with Crippen LogP contribution < -0.4 is 0 Å². The van der Waals surface area contributed by atoms with Gasteiger partial charge >= 0.3 is 11.9 Å². The van der Waals surface area contributed by atoms with Gasteiger partial charge in [-0.25, -0.2) is 0 Å². The predicted molar refractivity (Wildman–Crippen MR) is 122 cm³/mol. The molecule has 194 valence electrons. The van der Waals surface area contributed by atoms with Gasteiger partial charge in [-0.15, -0.1) is 0 Å². The molecule has 12 atom stereocenters. The fourth-order valence-corrected chi connectivity index (χ4v) is 8.18. The van der Waals surface area contributed by atoms with Gasteiger partial charge in [-0.1, -0.05) is 27.7 Å². The summed E-state index contributed by atoms with van der Waals surface area (Å²) in [6, 6.07) is 0. The van der Waals surface area contributed by atoms with Crippen LogP contribution >= 0.6 is 0 Å². The van der Waals surface area contributed by atoms with E-state index in [0.29, 0.717) is 19.4 Å². The summed E-state index contributed by atoms with van der Waals surface area (Å²) in [5.41, 5.74) is -1.57. The largest absolute Gasteiger partial charge is 0.472 e. The van der Waals surface area contributed by atoms with Gasteiger partial charge in [0.25, 0.3) is 0 Å². The maximum atomic E-state index is 13.1. The molecule has 2 saturated carbocycles. The highest BCUT2D eigenvalue weighted by atomic mass is 16.7. The molecule has 0 aromatic rings. The van der Waals surface area contributed by atoms with Gasteiger partial charge in [-0.3, -0.25) is 9.59 Å². The number of carbonyl (C=O) groups is 2. The van der Waals surface area contributed by atoms with Crippen LogP contribution in [0.1, 0.15) is 66.7 Å². The summed E-state index contributed by atoms with van der Waals surface area (Å²) in [5, 5.41) is 0. The number of fused-ring (bicyclic) bond motifs is 2. The fraction of sp³-hybridized carbons (Fsp3) is 0.852. The third-order valence-corrected chi connectivity index (χ3v) is 10.4. The molecule has 2 bridgehead atoms. The number of epoxide rings is 1. The van der Waals surface area contributed by atoms with E-state index in [1.165, 1.54) is 6.92 Å². The molecule has 8 nitrogen and oxygen atoms in total. The van der Waals surface area contributed by atoms with E-state index in [4.69, 9.17) is 28.4 Å². The van der Waals surface area contributed by atoms with Gasteiger partial charge in [0, 0.05) is 24.7 Å². The summed E-state index contributed by atoms with van der Waals surface area (Å²) < 4.78 is 37.3. The van der Waals surface area contributed by atoms with E-state index in [2.05, 4.69) is 19.9 Å². The van der Waals surface area contributed by atoms with Gasteiger partial charge in [-0.05, 0) is 43.6 Å². The van der Waals surface area contributed by atoms with E-state index in [9.17, 15) is 9.59 Å². The van der Waals surface area contributed by atoms with E-state index in [-0.39, 0.29) is 59.5 Å². The Kier molecular flexibility index (Phi) is 5.38. The van der Waals surface area contributed by atoms with Gasteiger partial charge in [-0.2, -0.15) is 0 Å². The molecule has 2 aliphatic carbocycles. The zero-order chi connectivity index (χ0) is 24.8. The van der Waals surface area contributed by atoms with Crippen LogP contribution in [0, 0.1) is 34.5 Å². The molecule has 5 heterocycles. The molecule has 0 aromatic heterocycles. The summed E-state index contributed by atoms with van der Waals surface area (Å²) in [4.78, 5) is 25.4. The highest BCUT2D eigenvalue weighted by Gasteiger charge is 2.83. The van der Waals surface area contributed by atoms with Crippen LogP contribution in [0.25, 0.3) is 0 Å². The molecule has 7 aliphatic rings. The smallest absolute Gasteiger partial charge is 0.310 e. The molecule has 0 radical (unpaired) electrons. The van der Waals surface area contributed by atoms with Crippen molar-refractivity contribution in [3.05, 3.63) is 12.3 Å². The minimum Gasteiger partial charge on any atom is -0.472 e. The van der Waals surface area contributed by atoms with Gasteiger partial charge < -0.3 is 28.4 Å². The molecular formula is C27H38O8. The van der Waals surface area contributed by atoms with Crippen LogP contribution in [0.4, 0.5) is 0 Å². The molecule has 6 fully saturated rings. The number of esters is 2. The van der Waals surface area contributed by atoms with Crippen molar-refractivity contribution < 1.29 is 38.0 Å². The standard InChI is InChI=1S/C27H38O8/c1-6-14(2)22(29)35-24-27-19(11-18(33-24)12-26(27)13-31-26)25(5,15(3)9-21(27)32-16(4)28)20-10-17-7-8-30-23(17)34-20/h7-8,14-15,17-21,23-24H,6,9-13H2,1-5H3/t14-,15-,17-,18+,19-,20+,21+,23+,24-,25+,26+,27-/m1/s1. The summed E-state index contributed by atoms with van der Waals surface area (Å²) in [6.45, 7) is 10.4. The summed E-state index contributed by atoms with van der Waals surface area (Å²) in [7, 11) is 0. The van der Waals surface area contributed by atoms with Crippen molar-refractivity contribution in [2.45, 2.75) is 103 Å². The Hall–Kier alpha value is -1.64. The first-order chi connectivity index (χ1) is 16.7. The zero-order valence-electron chi connectivity index (χ0n) is 21.4. The molecular weight excluding hydrogens is 452 g/mol. The second kappa shape index (κ2) is 7.93. The van der Waals surface area contributed by atoms with Crippen molar-refractivity contribution in [2.75, 3.05) is 6.61 Å². The highest BCUT2D eigenvalue weighted by Crippen LogP contribution is 2.74. The van der Waals surface area contributed by atoms with E-state index in [1.54, 1.807) is 6.26 Å². The number of hydrogen-bond donors (Lipinski definition) is 0. The molecule has 7 rings (SSSR count). The molecule has 0 unspecified atom stereocenters. The van der Waals surface area contributed by atoms with Crippen LogP contribution in [0.15, 0.2) is 12.3 Å². The van der Waals surface area contributed by atoms with E-state index in [1.807, 2.05) is 13.8 Å². The molecule has 8 heteroatoms. The fourth-order valence-electron chi connectivity index (χ4n) is 8.18. The number of carbonyl (C=O) groups excluding carboxylic acids is 2. The third kappa shape index (κ3) is 3.15. The average Bonchev–Trinajstić information content (AvgIpc) is 3.23. The van der Waals surface area contributed by atoms with Crippen molar-refractivity contribution >= 4 is 11.9 Å². The van der Waals surface area contributed by atoms with Crippen LogP contribution in [0.3, 0.4) is 0 Å². The van der Waals surface area contributed by atoms with Crippen molar-refractivity contribution in [2.24, 2.45) is 34.5 Å². The topological polar surface area (TPSA) is 92.8 Å². The average molecular weight is 491 g/mol. The number of ether oxygens (including phenoxy) is 6. The van der Waals surface area contributed by atoms with Gasteiger partial charge in [0.2, 0.25) is 12.6 Å². The monoisotopic (exact) mass is 490 g/mol. The van der Waals surface area contributed by atoms with Gasteiger partial charge in [0.05, 0.1) is 31.0 Å². The third-order valence-electron chi connectivity index (χ3n) is 10.4. The molecule has 0 N–H and O–H groups in total. The normalized spacial score (nSPS) is 51.9.